The van der Waals surface area contributed by atoms with E-state index in [1.807, 2.05) is 0 Å². The van der Waals surface area contributed by atoms with Gasteiger partial charge < -0.3 is 9.13 Å². The first-order valence-corrected chi connectivity index (χ1v) is 24.5. The van der Waals surface area contributed by atoms with Gasteiger partial charge >= 0.3 is 0 Å². The zero-order valence-electron chi connectivity index (χ0n) is 33.0. The normalized spacial score (nSPS) is 18.3. The molecule has 4 heterocycles. The van der Waals surface area contributed by atoms with Gasteiger partial charge in [0, 0.05) is 315 Å². The van der Waals surface area contributed by atoms with Gasteiger partial charge in [-0.15, -0.1) is 0 Å². The third kappa shape index (κ3) is 1.21. The Morgan fingerprint density at radius 3 is 0.415 bits per heavy atom. The maximum atomic E-state index is 3.04. The molecule has 2 heteroatoms. The predicted octanol–water partition coefficient (Wildman–Crippen LogP) is 17.9. The van der Waals surface area contributed by atoms with Crippen LogP contribution >= 0.6 is 0 Å². The van der Waals surface area contributed by atoms with Crippen molar-refractivity contribution in [1.82, 2.24) is 9.13 Å². The first-order valence-electron chi connectivity index (χ1n) is 24.5. The fourth-order valence-electron chi connectivity index (χ4n) is 23.5. The molecule has 29 aromatic carbocycles. The Morgan fingerprint density at radius 2 is 0.246 bits per heavy atom. The lowest BCUT2D eigenvalue weighted by molar-refractivity contribution is 0.614. The number of nitrogens with zero attached hydrogens (tertiary/aromatic N) is 2. The van der Waals surface area contributed by atoms with Crippen molar-refractivity contribution < 1.29 is 0 Å². The zero-order valence-corrected chi connectivity index (χ0v) is 33.0. The minimum atomic E-state index is 1.08. The number of aromatic nitrogens is 2. The lowest BCUT2D eigenvalue weighted by Gasteiger charge is -2.19. The molecule has 0 saturated heterocycles. The largest absolute Gasteiger partial charge is 0.338 e. The van der Waals surface area contributed by atoms with Gasteiger partial charge in [-0.25, -0.2) is 0 Å². The van der Waals surface area contributed by atoms with Crippen LogP contribution in [0.5, 0.6) is 0 Å². The van der Waals surface area contributed by atoms with Gasteiger partial charge in [-0.05, 0) is 6.42 Å². The van der Waals surface area contributed by atoms with Crippen molar-refractivity contribution in [2.45, 2.75) is 19.5 Å². The van der Waals surface area contributed by atoms with Crippen molar-refractivity contribution in [2.24, 2.45) is 0 Å². The molecule has 0 aliphatic carbocycles. The van der Waals surface area contributed by atoms with Gasteiger partial charge in [0.1, 0.15) is 0 Å². The van der Waals surface area contributed by atoms with E-state index < -0.39 is 0 Å². The summed E-state index contributed by atoms with van der Waals surface area (Å²) < 4.78 is 6.07. The zero-order chi connectivity index (χ0) is 37.9. The quantitative estimate of drug-likeness (QED) is 0.135. The highest BCUT2D eigenvalue weighted by Gasteiger charge is 2.50. The molecule has 1 aliphatic rings. The number of benzene rings is 18. The first kappa shape index (κ1) is 22.9. The van der Waals surface area contributed by atoms with Gasteiger partial charge in [0.25, 0.3) is 0 Å². The summed E-state index contributed by atoms with van der Waals surface area (Å²) in [6.07, 6.45) is 1.17. The molecule has 0 amide bonds. The van der Waals surface area contributed by atoms with Crippen molar-refractivity contribution >= 4 is 324 Å². The second kappa shape index (κ2) is 5.13. The SMILES string of the molecule is C1Cn2c3c4c5c6c7c8c9c%10c%11c%12c%13c%10c%10c8c8c%14c%10c%10c%13c%13c%15c%12c%12c%16c%11c%11c9c7c7c9c%11c%16c%11c%16c%12c%15c%12c%15c%13c%10c%10c%14c(c4c86)c4c%10c%15c6c%12c%16c8c%11c9c(c75)c3c8n(c6c42)C1. The molecule has 2 nitrogen and oxygen atoms in total. The highest BCUT2D eigenvalue weighted by molar-refractivity contribution is 6.83. The van der Waals surface area contributed by atoms with Crippen molar-refractivity contribution in [3.05, 3.63) is 0 Å². The molecule has 3 aromatic heterocycles. The van der Waals surface area contributed by atoms with Gasteiger partial charge in [-0.2, -0.15) is 0 Å². The van der Waals surface area contributed by atoms with E-state index in [2.05, 4.69) is 9.13 Å². The van der Waals surface area contributed by atoms with E-state index in [9.17, 15) is 0 Å². The van der Waals surface area contributed by atoms with Gasteiger partial charge in [0.2, 0.25) is 0 Å². The summed E-state index contributed by atoms with van der Waals surface area (Å²) in [4.78, 5) is 0. The van der Waals surface area contributed by atoms with Gasteiger partial charge in [0.05, 0.1) is 22.1 Å². The minimum absolute atomic E-state index is 1.08. The van der Waals surface area contributed by atoms with Gasteiger partial charge in [-0.3, -0.25) is 0 Å². The Morgan fingerprint density at radius 1 is 0.123 bits per heavy atom. The highest BCUT2D eigenvalue weighted by Crippen LogP contribution is 2.79. The molecule has 0 atom stereocenters. The number of rotatable bonds is 0. The summed E-state index contributed by atoms with van der Waals surface area (Å²) >= 11 is 0. The molecule has 0 saturated carbocycles. The van der Waals surface area contributed by atoms with E-state index in [1.54, 1.807) is 324 Å². The maximum absolute atomic E-state index is 3.04. The van der Waals surface area contributed by atoms with Crippen LogP contribution < -0.4 is 0 Å². The summed E-state index contributed by atoms with van der Waals surface area (Å²) in [6.45, 7) is 2.17. The smallest absolute Gasteiger partial charge is 0.0745 e. The van der Waals surface area contributed by atoms with Crippen LogP contribution in [0.3, 0.4) is 0 Å². The third-order valence-corrected chi connectivity index (χ3v) is 23.7. The number of hydrogen-bond acceptors (Lipinski definition) is 0. The molecular formula is C63H6N2. The fraction of sp³-hybridized carbons (Fsp3) is 0.0476. The van der Waals surface area contributed by atoms with Crippen molar-refractivity contribution in [3.8, 4) is 0 Å². The molecule has 268 valence electrons. The van der Waals surface area contributed by atoms with Crippen LogP contribution in [-0.2, 0) is 13.1 Å². The van der Waals surface area contributed by atoms with E-state index >= 15 is 0 Å². The molecule has 0 spiro atoms. The fourth-order valence-corrected chi connectivity index (χ4v) is 23.5. The minimum Gasteiger partial charge on any atom is -0.338 e. The van der Waals surface area contributed by atoms with Crippen molar-refractivity contribution in [2.75, 3.05) is 0 Å². The molecular weight excluding hydrogens is 785 g/mol. The maximum Gasteiger partial charge on any atom is 0.0745 e. The second-order valence-electron chi connectivity index (χ2n) is 24.1. The monoisotopic (exact) mass is 790 g/mol. The molecule has 65 heavy (non-hydrogen) atoms. The number of aryl methyl sites for hydroxylation is 2. The van der Waals surface area contributed by atoms with Crippen LogP contribution in [0.2, 0.25) is 0 Å². The molecule has 1 aliphatic heterocycles. The lowest BCUT2D eigenvalue weighted by Crippen LogP contribution is -2.05. The Balaban J connectivity index is 1.32. The molecule has 0 fully saturated rings. The van der Waals surface area contributed by atoms with Crippen molar-refractivity contribution in [3.63, 3.8) is 0 Å². The Kier molecular flexibility index (Phi) is 1.81. The van der Waals surface area contributed by atoms with Crippen LogP contribution in [0, 0.1) is 0 Å². The molecule has 6 bridgehead atoms. The third-order valence-electron chi connectivity index (χ3n) is 23.7. The second-order valence-corrected chi connectivity index (χ2v) is 24.1. The molecule has 0 N–H and O–H groups in total. The molecule has 33 rings (SSSR count). The topological polar surface area (TPSA) is 9.86 Å². The van der Waals surface area contributed by atoms with E-state index in [0.29, 0.717) is 0 Å². The average molecular weight is 791 g/mol. The summed E-state index contributed by atoms with van der Waals surface area (Å²) in [5.74, 6) is 0. The Hall–Kier alpha value is -8.20. The molecule has 0 radical (unpaired) electrons. The summed E-state index contributed by atoms with van der Waals surface area (Å²) in [5, 5.41) is 92.7. The average Bonchev–Trinajstić information content (AvgIpc) is 4.18. The van der Waals surface area contributed by atoms with E-state index in [-0.39, 0.29) is 0 Å². The number of hydrogen-bond donors (Lipinski definition) is 0. The highest BCUT2D eigenvalue weighted by atomic mass is 15.1. The van der Waals surface area contributed by atoms with Gasteiger partial charge in [0.15, 0.2) is 0 Å². The summed E-state index contributed by atoms with van der Waals surface area (Å²) in [7, 11) is 0. The first-order chi connectivity index (χ1) is 32.5. The van der Waals surface area contributed by atoms with Crippen LogP contribution in [-0.4, -0.2) is 9.13 Å². The Labute approximate surface area is 350 Å². The van der Waals surface area contributed by atoms with E-state index in [0.717, 1.165) is 13.1 Å². The van der Waals surface area contributed by atoms with E-state index in [1.165, 1.54) is 6.42 Å². The standard InChI is InChI=1S/C63H6N2/c1-2-64-60-55-46-36-26-16-9-4-5-7-8-6(4)13-18(16)28-30-20(13)22-15(8)23-21-14(7)19-17-10(5)12-11(9)24(26)34-35-25(12)27(17)37-39-29(19)31(21)41-43-33(23)32(22)42-40(30)50(48(55)38(28)36)57-52(42)53(43)58-51(41)49(39)56-47(37)45(35)54(44(34)46)59(60)61(56)65(3-1)63(58)62(57)64/h1-3H2. The predicted molar refractivity (Wildman–Crippen MR) is 279 cm³/mol. The van der Waals surface area contributed by atoms with Crippen LogP contribution in [0.25, 0.3) is 324 Å². The molecule has 32 aromatic rings. The van der Waals surface area contributed by atoms with Gasteiger partial charge in [-0.1, -0.05) is 0 Å². The Bertz CT molecular complexity index is 7120. The van der Waals surface area contributed by atoms with Crippen LogP contribution in [0.1, 0.15) is 6.42 Å². The van der Waals surface area contributed by atoms with Crippen molar-refractivity contribution in [1.29, 1.82) is 0 Å². The summed E-state index contributed by atoms with van der Waals surface area (Å²) in [5.41, 5.74) is 6.37. The van der Waals surface area contributed by atoms with E-state index in [4.69, 9.17) is 0 Å². The van der Waals surface area contributed by atoms with Crippen LogP contribution in [0.15, 0.2) is 0 Å². The van der Waals surface area contributed by atoms with Crippen LogP contribution in [0.4, 0.5) is 0 Å². The summed E-state index contributed by atoms with van der Waals surface area (Å²) in [6, 6.07) is 0. The molecule has 0 unspecified atom stereocenters. The lowest BCUT2D eigenvalue weighted by atomic mass is 9.88.